The average molecular weight is 405 g/mol. The van der Waals surface area contributed by atoms with Crippen molar-refractivity contribution in [3.8, 4) is 17.3 Å². The summed E-state index contributed by atoms with van der Waals surface area (Å²) in [5, 5.41) is 12.2. The van der Waals surface area contributed by atoms with Gasteiger partial charge in [0.15, 0.2) is 10.9 Å². The van der Waals surface area contributed by atoms with Crippen molar-refractivity contribution in [3.05, 3.63) is 70.3 Å². The lowest BCUT2D eigenvalue weighted by molar-refractivity contribution is -0.113. The highest BCUT2D eigenvalue weighted by Gasteiger charge is 2.14. The summed E-state index contributed by atoms with van der Waals surface area (Å²) in [6.45, 7) is 1.47. The zero-order valence-electron chi connectivity index (χ0n) is 15.3. The van der Waals surface area contributed by atoms with E-state index < -0.39 is 5.56 Å². The van der Waals surface area contributed by atoms with Crippen LogP contribution in [-0.4, -0.2) is 32.4 Å². The number of nitrogens with one attached hydrogen (secondary N) is 2. The Labute approximate surface area is 170 Å². The minimum atomic E-state index is -0.580. The zero-order chi connectivity index (χ0) is 20.8. The molecule has 0 radical (unpaired) electrons. The van der Waals surface area contributed by atoms with E-state index >= 15 is 0 Å². The maximum atomic E-state index is 12.2. The molecule has 3 aromatic rings. The highest BCUT2D eigenvalue weighted by molar-refractivity contribution is 7.99. The van der Waals surface area contributed by atoms with Crippen LogP contribution in [0.25, 0.3) is 11.3 Å². The van der Waals surface area contributed by atoms with E-state index in [0.717, 1.165) is 11.8 Å². The van der Waals surface area contributed by atoms with Gasteiger partial charge in [0.1, 0.15) is 11.6 Å². The van der Waals surface area contributed by atoms with Crippen molar-refractivity contribution in [1.29, 1.82) is 5.26 Å². The number of thioether (sulfide) groups is 1. The Bertz CT molecular complexity index is 1150. The van der Waals surface area contributed by atoms with Crippen LogP contribution in [0.3, 0.4) is 0 Å². The molecule has 1 amide bonds. The van der Waals surface area contributed by atoms with Crippen LogP contribution in [0.4, 0.5) is 5.69 Å². The molecule has 2 heterocycles. The molecule has 0 saturated carbocycles. The zero-order valence-corrected chi connectivity index (χ0v) is 16.1. The van der Waals surface area contributed by atoms with E-state index in [9.17, 15) is 19.6 Å². The van der Waals surface area contributed by atoms with Gasteiger partial charge in [0.05, 0.1) is 11.4 Å². The summed E-state index contributed by atoms with van der Waals surface area (Å²) in [7, 11) is 0. The van der Waals surface area contributed by atoms with Crippen LogP contribution in [0.2, 0.25) is 0 Å². The molecule has 8 nitrogen and oxygen atoms in total. The molecule has 0 aliphatic rings. The number of rotatable bonds is 6. The number of aromatic amines is 1. The second kappa shape index (κ2) is 8.95. The summed E-state index contributed by atoms with van der Waals surface area (Å²) < 4.78 is 0. The lowest BCUT2D eigenvalue weighted by Crippen LogP contribution is -2.17. The standard InChI is InChI=1S/C20H15N5O3S/c1-12(26)13-4-6-15(7-5-13)23-17(27)11-29-20-24-18(14-3-2-8-22-10-14)16(9-21)19(28)25-20/h2-8,10H,11H2,1H3,(H,23,27)(H,24,25,28). The molecular formula is C20H15N5O3S. The van der Waals surface area contributed by atoms with E-state index in [1.807, 2.05) is 6.07 Å². The van der Waals surface area contributed by atoms with Crippen LogP contribution in [0.15, 0.2) is 58.7 Å². The second-order valence-electron chi connectivity index (χ2n) is 5.92. The number of aromatic nitrogens is 3. The van der Waals surface area contributed by atoms with E-state index in [2.05, 4.69) is 20.3 Å². The van der Waals surface area contributed by atoms with Crippen LogP contribution in [0, 0.1) is 11.3 Å². The monoisotopic (exact) mass is 405 g/mol. The van der Waals surface area contributed by atoms with E-state index in [-0.39, 0.29) is 33.9 Å². The van der Waals surface area contributed by atoms with Crippen molar-refractivity contribution in [3.63, 3.8) is 0 Å². The Kier molecular flexibility index (Phi) is 6.16. The molecule has 0 aliphatic carbocycles. The quantitative estimate of drug-likeness (QED) is 0.366. The third kappa shape index (κ3) is 4.94. The SMILES string of the molecule is CC(=O)c1ccc(NC(=O)CSc2nc(-c3cccnc3)c(C#N)c(=O)[nH]2)cc1. The van der Waals surface area contributed by atoms with Crippen molar-refractivity contribution < 1.29 is 9.59 Å². The van der Waals surface area contributed by atoms with Crippen molar-refractivity contribution in [2.24, 2.45) is 0 Å². The number of anilines is 1. The van der Waals surface area contributed by atoms with Gasteiger partial charge in [0, 0.05) is 29.2 Å². The normalized spacial score (nSPS) is 10.2. The van der Waals surface area contributed by atoms with E-state index in [4.69, 9.17) is 0 Å². The molecule has 0 aliphatic heterocycles. The fourth-order valence-corrected chi connectivity index (χ4v) is 3.12. The van der Waals surface area contributed by atoms with Gasteiger partial charge in [-0.05, 0) is 43.3 Å². The topological polar surface area (TPSA) is 129 Å². The van der Waals surface area contributed by atoms with Gasteiger partial charge in [-0.15, -0.1) is 0 Å². The van der Waals surface area contributed by atoms with Crippen LogP contribution < -0.4 is 10.9 Å². The summed E-state index contributed by atoms with van der Waals surface area (Å²) in [6, 6.07) is 11.8. The summed E-state index contributed by atoms with van der Waals surface area (Å²) in [5.74, 6) is -0.366. The minimum Gasteiger partial charge on any atom is -0.325 e. The van der Waals surface area contributed by atoms with Gasteiger partial charge < -0.3 is 10.3 Å². The van der Waals surface area contributed by atoms with Crippen LogP contribution >= 0.6 is 11.8 Å². The van der Waals surface area contributed by atoms with Crippen molar-refractivity contribution in [2.75, 3.05) is 11.1 Å². The number of ketones is 1. The highest BCUT2D eigenvalue weighted by Crippen LogP contribution is 2.21. The first-order chi connectivity index (χ1) is 14.0. The van der Waals surface area contributed by atoms with Gasteiger partial charge in [0.2, 0.25) is 5.91 Å². The number of hydrogen-bond acceptors (Lipinski definition) is 7. The number of pyridine rings is 1. The number of nitriles is 1. The van der Waals surface area contributed by atoms with Crippen LogP contribution in [0.5, 0.6) is 0 Å². The third-order valence-electron chi connectivity index (χ3n) is 3.86. The van der Waals surface area contributed by atoms with Gasteiger partial charge in [-0.2, -0.15) is 5.26 Å². The van der Waals surface area contributed by atoms with E-state index in [0.29, 0.717) is 16.8 Å². The predicted molar refractivity (Wildman–Crippen MR) is 109 cm³/mol. The van der Waals surface area contributed by atoms with Crippen molar-refractivity contribution in [1.82, 2.24) is 15.0 Å². The highest BCUT2D eigenvalue weighted by atomic mass is 32.2. The lowest BCUT2D eigenvalue weighted by atomic mass is 10.1. The molecule has 29 heavy (non-hydrogen) atoms. The summed E-state index contributed by atoms with van der Waals surface area (Å²) >= 11 is 1.04. The number of hydrogen-bond donors (Lipinski definition) is 2. The molecule has 0 fully saturated rings. The Morgan fingerprint density at radius 2 is 2.00 bits per heavy atom. The summed E-state index contributed by atoms with van der Waals surface area (Å²) in [5.41, 5.74) is 1.16. The number of nitrogens with zero attached hydrogens (tertiary/aromatic N) is 3. The number of Topliss-reactive ketones (excluding diaryl/α,β-unsaturated/α-hetero) is 1. The average Bonchev–Trinajstić information content (AvgIpc) is 2.73. The molecule has 3 rings (SSSR count). The maximum Gasteiger partial charge on any atom is 0.270 e. The molecular weight excluding hydrogens is 390 g/mol. The second-order valence-corrected chi connectivity index (χ2v) is 6.88. The van der Waals surface area contributed by atoms with Crippen molar-refractivity contribution in [2.45, 2.75) is 12.1 Å². The van der Waals surface area contributed by atoms with Gasteiger partial charge in [-0.3, -0.25) is 19.4 Å². The third-order valence-corrected chi connectivity index (χ3v) is 4.73. The first-order valence-corrected chi connectivity index (χ1v) is 9.45. The van der Waals surface area contributed by atoms with Crippen LogP contribution in [0.1, 0.15) is 22.8 Å². The minimum absolute atomic E-state index is 0.00419. The Morgan fingerprint density at radius 1 is 1.24 bits per heavy atom. The van der Waals surface area contributed by atoms with E-state index in [1.54, 1.807) is 42.6 Å². The molecule has 0 saturated heterocycles. The van der Waals surface area contributed by atoms with E-state index in [1.165, 1.54) is 13.1 Å². The fraction of sp³-hybridized carbons (Fsp3) is 0.100. The smallest absolute Gasteiger partial charge is 0.270 e. The number of H-pyrrole nitrogens is 1. The van der Waals surface area contributed by atoms with Gasteiger partial charge in [-0.25, -0.2) is 4.98 Å². The van der Waals surface area contributed by atoms with Crippen LogP contribution in [-0.2, 0) is 4.79 Å². The molecule has 1 aromatic carbocycles. The molecule has 9 heteroatoms. The fourth-order valence-electron chi connectivity index (χ4n) is 2.46. The first kappa shape index (κ1) is 20.0. The van der Waals surface area contributed by atoms with Gasteiger partial charge in [0.25, 0.3) is 5.56 Å². The Balaban J connectivity index is 1.73. The number of carbonyl (C=O) groups excluding carboxylic acids is 2. The number of amides is 1. The molecule has 2 aromatic heterocycles. The maximum absolute atomic E-state index is 12.2. The van der Waals surface area contributed by atoms with Gasteiger partial charge >= 0.3 is 0 Å². The Hall–Kier alpha value is -3.77. The van der Waals surface area contributed by atoms with Gasteiger partial charge in [-0.1, -0.05) is 11.8 Å². The number of benzene rings is 1. The van der Waals surface area contributed by atoms with Crippen molar-refractivity contribution >= 4 is 29.1 Å². The molecule has 0 atom stereocenters. The Morgan fingerprint density at radius 3 is 2.62 bits per heavy atom. The summed E-state index contributed by atoms with van der Waals surface area (Å²) in [4.78, 5) is 46.5. The number of carbonyl (C=O) groups is 2. The molecule has 0 bridgehead atoms. The predicted octanol–water partition coefficient (Wildman–Crippen LogP) is 2.64. The molecule has 144 valence electrons. The molecule has 0 spiro atoms. The largest absolute Gasteiger partial charge is 0.325 e. The summed E-state index contributed by atoms with van der Waals surface area (Å²) in [6.07, 6.45) is 3.08. The molecule has 2 N–H and O–H groups in total. The first-order valence-electron chi connectivity index (χ1n) is 8.46. The molecule has 0 unspecified atom stereocenters. The lowest BCUT2D eigenvalue weighted by Gasteiger charge is -2.07.